The van der Waals surface area contributed by atoms with E-state index in [4.69, 9.17) is 0 Å². The lowest BCUT2D eigenvalue weighted by molar-refractivity contribution is -0.115. The van der Waals surface area contributed by atoms with Gasteiger partial charge in [0.1, 0.15) is 11.6 Å². The van der Waals surface area contributed by atoms with E-state index in [0.717, 1.165) is 6.07 Å². The van der Waals surface area contributed by atoms with E-state index >= 15 is 0 Å². The Kier molecular flexibility index (Phi) is 4.65. The number of benzene rings is 2. The highest BCUT2D eigenvalue weighted by molar-refractivity contribution is 5.95. The predicted octanol–water partition coefficient (Wildman–Crippen LogP) is 2.92. The molecule has 2 amide bonds. The van der Waals surface area contributed by atoms with Crippen molar-refractivity contribution in [1.29, 1.82) is 0 Å². The van der Waals surface area contributed by atoms with Crippen molar-refractivity contribution < 1.29 is 18.4 Å². The fraction of sp³-hybridized carbons (Fsp3) is 0.222. The molecule has 7 heteroatoms. The van der Waals surface area contributed by atoms with Crippen molar-refractivity contribution in [2.45, 2.75) is 13.3 Å². The average molecular weight is 345 g/mol. The zero-order valence-electron chi connectivity index (χ0n) is 13.6. The zero-order valence-corrected chi connectivity index (χ0v) is 13.6. The lowest BCUT2D eigenvalue weighted by Crippen LogP contribution is -2.31. The molecule has 1 heterocycles. The Morgan fingerprint density at radius 1 is 1.08 bits per heavy atom. The maximum Gasteiger partial charge on any atom is 0.243 e. The first-order chi connectivity index (χ1) is 11.9. The molecule has 0 saturated carbocycles. The summed E-state index contributed by atoms with van der Waals surface area (Å²) in [5, 5.41) is 5.36. The summed E-state index contributed by atoms with van der Waals surface area (Å²) >= 11 is 0. The Bertz CT molecular complexity index is 822. The summed E-state index contributed by atoms with van der Waals surface area (Å²) in [4.78, 5) is 24.8. The number of hydrogen-bond donors (Lipinski definition) is 2. The number of rotatable bonds is 4. The predicted molar refractivity (Wildman–Crippen MR) is 91.7 cm³/mol. The first-order valence-electron chi connectivity index (χ1n) is 7.83. The standard InChI is InChI=1S/C18H17F2N3O2/c1-11(24)21-13-2-4-14(5-3-13)22-18(25)10-23-7-6-15-16(20)8-12(19)9-17(15)23/h2-5,8-9H,6-7,10H2,1H3,(H,21,24)(H,22,25). The van der Waals surface area contributed by atoms with Gasteiger partial charge in [0, 0.05) is 42.2 Å². The lowest BCUT2D eigenvalue weighted by atomic mass is 10.1. The van der Waals surface area contributed by atoms with Gasteiger partial charge in [0.15, 0.2) is 0 Å². The fourth-order valence-electron chi connectivity index (χ4n) is 2.87. The molecule has 0 saturated heterocycles. The number of carbonyl (C=O) groups is 2. The van der Waals surface area contributed by atoms with Crippen LogP contribution in [0.25, 0.3) is 0 Å². The van der Waals surface area contributed by atoms with Crippen LogP contribution in [0.3, 0.4) is 0 Å². The highest BCUT2D eigenvalue weighted by Gasteiger charge is 2.25. The van der Waals surface area contributed by atoms with E-state index in [1.807, 2.05) is 0 Å². The highest BCUT2D eigenvalue weighted by atomic mass is 19.1. The summed E-state index contributed by atoms with van der Waals surface area (Å²) in [7, 11) is 0. The molecule has 0 fully saturated rings. The van der Waals surface area contributed by atoms with Crippen LogP contribution < -0.4 is 15.5 Å². The van der Waals surface area contributed by atoms with Crippen LogP contribution in [0.5, 0.6) is 0 Å². The quantitative estimate of drug-likeness (QED) is 0.896. The van der Waals surface area contributed by atoms with Gasteiger partial charge in [-0.05, 0) is 36.8 Å². The summed E-state index contributed by atoms with van der Waals surface area (Å²) in [5.74, 6) is -1.70. The van der Waals surface area contributed by atoms with Crippen LogP contribution in [0.2, 0.25) is 0 Å². The van der Waals surface area contributed by atoms with Crippen molar-refractivity contribution in [3.05, 3.63) is 53.6 Å². The number of hydrogen-bond acceptors (Lipinski definition) is 3. The molecule has 0 spiro atoms. The number of nitrogens with zero attached hydrogens (tertiary/aromatic N) is 1. The third kappa shape index (κ3) is 3.93. The number of fused-ring (bicyclic) bond motifs is 1. The number of anilines is 3. The first kappa shape index (κ1) is 16.9. The summed E-state index contributed by atoms with van der Waals surface area (Å²) in [5.41, 5.74) is 2.07. The second kappa shape index (κ2) is 6.88. The summed E-state index contributed by atoms with van der Waals surface area (Å²) < 4.78 is 27.2. The molecule has 3 rings (SSSR count). The molecule has 5 nitrogen and oxygen atoms in total. The van der Waals surface area contributed by atoms with Crippen molar-refractivity contribution in [2.75, 3.05) is 28.6 Å². The van der Waals surface area contributed by atoms with Gasteiger partial charge >= 0.3 is 0 Å². The Morgan fingerprint density at radius 2 is 1.72 bits per heavy atom. The lowest BCUT2D eigenvalue weighted by Gasteiger charge is -2.19. The maximum atomic E-state index is 13.7. The minimum atomic E-state index is -0.655. The molecule has 0 aliphatic carbocycles. The Hall–Kier alpha value is -2.96. The smallest absolute Gasteiger partial charge is 0.243 e. The van der Waals surface area contributed by atoms with Crippen molar-refractivity contribution in [2.24, 2.45) is 0 Å². The molecule has 25 heavy (non-hydrogen) atoms. The van der Waals surface area contributed by atoms with Crippen LogP contribution in [0.15, 0.2) is 36.4 Å². The van der Waals surface area contributed by atoms with E-state index in [9.17, 15) is 18.4 Å². The summed E-state index contributed by atoms with van der Waals surface area (Å²) in [6.45, 7) is 1.88. The van der Waals surface area contributed by atoms with Gasteiger partial charge in [0.2, 0.25) is 11.8 Å². The van der Waals surface area contributed by atoms with E-state index in [0.29, 0.717) is 35.6 Å². The van der Waals surface area contributed by atoms with E-state index in [-0.39, 0.29) is 18.4 Å². The van der Waals surface area contributed by atoms with Crippen LogP contribution in [0.1, 0.15) is 12.5 Å². The zero-order chi connectivity index (χ0) is 18.0. The number of carbonyl (C=O) groups excluding carboxylic acids is 2. The molecule has 0 atom stereocenters. The highest BCUT2D eigenvalue weighted by Crippen LogP contribution is 2.30. The van der Waals surface area contributed by atoms with Crippen molar-refractivity contribution in [3.8, 4) is 0 Å². The monoisotopic (exact) mass is 345 g/mol. The Labute approximate surface area is 143 Å². The molecule has 2 aromatic rings. The second-order valence-electron chi connectivity index (χ2n) is 5.86. The molecule has 0 radical (unpaired) electrons. The average Bonchev–Trinajstić information content (AvgIpc) is 2.92. The first-order valence-corrected chi connectivity index (χ1v) is 7.83. The molecule has 1 aliphatic rings. The van der Waals surface area contributed by atoms with Crippen molar-refractivity contribution in [1.82, 2.24) is 0 Å². The molecule has 2 N–H and O–H groups in total. The van der Waals surface area contributed by atoms with Gasteiger partial charge in [-0.3, -0.25) is 9.59 Å². The molecule has 1 aliphatic heterocycles. The number of amides is 2. The van der Waals surface area contributed by atoms with Gasteiger partial charge in [-0.25, -0.2) is 8.78 Å². The van der Waals surface area contributed by atoms with Crippen molar-refractivity contribution in [3.63, 3.8) is 0 Å². The second-order valence-corrected chi connectivity index (χ2v) is 5.86. The van der Waals surface area contributed by atoms with Crippen LogP contribution in [-0.2, 0) is 16.0 Å². The number of nitrogens with one attached hydrogen (secondary N) is 2. The molecule has 0 aromatic heterocycles. The SMILES string of the molecule is CC(=O)Nc1ccc(NC(=O)CN2CCc3c(F)cc(F)cc32)cc1. The minimum absolute atomic E-state index is 0.00331. The molecule has 0 bridgehead atoms. The summed E-state index contributed by atoms with van der Waals surface area (Å²) in [6.07, 6.45) is 0.445. The topological polar surface area (TPSA) is 61.4 Å². The molecule has 130 valence electrons. The molecule has 2 aromatic carbocycles. The van der Waals surface area contributed by atoms with Gasteiger partial charge in [-0.1, -0.05) is 0 Å². The van der Waals surface area contributed by atoms with Crippen molar-refractivity contribution >= 4 is 28.9 Å². The molecular formula is C18H17F2N3O2. The van der Waals surface area contributed by atoms with Crippen LogP contribution in [0, 0.1) is 11.6 Å². The van der Waals surface area contributed by atoms with Gasteiger partial charge in [-0.2, -0.15) is 0 Å². The number of halogens is 2. The third-order valence-corrected chi connectivity index (χ3v) is 3.93. The fourth-order valence-corrected chi connectivity index (χ4v) is 2.87. The van der Waals surface area contributed by atoms with Gasteiger partial charge in [0.25, 0.3) is 0 Å². The van der Waals surface area contributed by atoms with Gasteiger partial charge in [0.05, 0.1) is 6.54 Å². The van der Waals surface area contributed by atoms with E-state index < -0.39 is 11.6 Å². The van der Waals surface area contributed by atoms with Gasteiger partial charge in [-0.15, -0.1) is 0 Å². The Balaban J connectivity index is 1.64. The molecule has 0 unspecified atom stereocenters. The van der Waals surface area contributed by atoms with Gasteiger partial charge < -0.3 is 15.5 Å². The minimum Gasteiger partial charge on any atom is -0.361 e. The van der Waals surface area contributed by atoms with Crippen LogP contribution in [0.4, 0.5) is 25.8 Å². The van der Waals surface area contributed by atoms with E-state index in [1.165, 1.54) is 13.0 Å². The van der Waals surface area contributed by atoms with E-state index in [1.54, 1.807) is 29.2 Å². The van der Waals surface area contributed by atoms with E-state index in [2.05, 4.69) is 10.6 Å². The van der Waals surface area contributed by atoms with Crippen LogP contribution in [-0.4, -0.2) is 24.9 Å². The largest absolute Gasteiger partial charge is 0.361 e. The summed E-state index contributed by atoms with van der Waals surface area (Å²) in [6, 6.07) is 8.79. The maximum absolute atomic E-state index is 13.7. The molecular weight excluding hydrogens is 328 g/mol. The Morgan fingerprint density at radius 3 is 2.36 bits per heavy atom. The third-order valence-electron chi connectivity index (χ3n) is 3.93. The normalized spacial score (nSPS) is 12.7. The van der Waals surface area contributed by atoms with Crippen LogP contribution >= 0.6 is 0 Å².